The Morgan fingerprint density at radius 3 is 2.67 bits per heavy atom. The SMILES string of the molecule is CC(C)C1CCN(Cc2nc(N)c3cnn(C)c3n2)CC1. The van der Waals surface area contributed by atoms with E-state index >= 15 is 0 Å². The van der Waals surface area contributed by atoms with Crippen LogP contribution in [0.2, 0.25) is 0 Å². The fourth-order valence-corrected chi connectivity index (χ4v) is 3.14. The van der Waals surface area contributed by atoms with Gasteiger partial charge in [-0.2, -0.15) is 5.10 Å². The minimum atomic E-state index is 0.528. The summed E-state index contributed by atoms with van der Waals surface area (Å²) in [5, 5.41) is 5.03. The zero-order valence-corrected chi connectivity index (χ0v) is 13.1. The van der Waals surface area contributed by atoms with E-state index < -0.39 is 0 Å². The molecule has 1 saturated heterocycles. The van der Waals surface area contributed by atoms with Gasteiger partial charge in [0.05, 0.1) is 18.1 Å². The molecule has 0 spiro atoms. The predicted octanol–water partition coefficient (Wildman–Crippen LogP) is 1.81. The number of nitrogens with zero attached hydrogens (tertiary/aromatic N) is 5. The molecule has 1 aliphatic heterocycles. The summed E-state index contributed by atoms with van der Waals surface area (Å²) in [6, 6.07) is 0. The molecule has 0 radical (unpaired) electrons. The van der Waals surface area contributed by atoms with Gasteiger partial charge < -0.3 is 5.73 Å². The van der Waals surface area contributed by atoms with E-state index in [9.17, 15) is 0 Å². The Morgan fingerprint density at radius 1 is 1.29 bits per heavy atom. The van der Waals surface area contributed by atoms with Crippen LogP contribution in [-0.2, 0) is 13.6 Å². The highest BCUT2D eigenvalue weighted by Gasteiger charge is 2.22. The van der Waals surface area contributed by atoms with E-state index in [1.165, 1.54) is 12.8 Å². The minimum Gasteiger partial charge on any atom is -0.383 e. The van der Waals surface area contributed by atoms with Crippen molar-refractivity contribution in [1.29, 1.82) is 0 Å². The quantitative estimate of drug-likeness (QED) is 0.932. The van der Waals surface area contributed by atoms with Crippen molar-refractivity contribution in [2.75, 3.05) is 18.8 Å². The first-order valence-electron chi connectivity index (χ1n) is 7.71. The van der Waals surface area contributed by atoms with Crippen LogP contribution in [0.5, 0.6) is 0 Å². The van der Waals surface area contributed by atoms with Crippen LogP contribution in [0, 0.1) is 11.8 Å². The maximum absolute atomic E-state index is 6.01. The summed E-state index contributed by atoms with van der Waals surface area (Å²) in [5.74, 6) is 2.96. The second-order valence-electron chi connectivity index (χ2n) is 6.39. The molecule has 6 nitrogen and oxygen atoms in total. The maximum atomic E-state index is 6.01. The van der Waals surface area contributed by atoms with Gasteiger partial charge in [-0.3, -0.25) is 9.58 Å². The summed E-state index contributed by atoms with van der Waals surface area (Å²) in [7, 11) is 1.88. The van der Waals surface area contributed by atoms with E-state index in [1.807, 2.05) is 7.05 Å². The molecular formula is C15H24N6. The van der Waals surface area contributed by atoms with Crippen LogP contribution < -0.4 is 5.73 Å². The van der Waals surface area contributed by atoms with Gasteiger partial charge in [0, 0.05) is 7.05 Å². The predicted molar refractivity (Wildman–Crippen MR) is 83.6 cm³/mol. The summed E-state index contributed by atoms with van der Waals surface area (Å²) in [4.78, 5) is 11.5. The summed E-state index contributed by atoms with van der Waals surface area (Å²) >= 11 is 0. The van der Waals surface area contributed by atoms with Crippen molar-refractivity contribution in [3.05, 3.63) is 12.0 Å². The van der Waals surface area contributed by atoms with Crippen molar-refractivity contribution in [2.24, 2.45) is 18.9 Å². The van der Waals surface area contributed by atoms with Gasteiger partial charge in [0.1, 0.15) is 11.6 Å². The van der Waals surface area contributed by atoms with E-state index in [4.69, 9.17) is 5.73 Å². The molecule has 2 aromatic rings. The third-order valence-electron chi connectivity index (χ3n) is 4.61. The lowest BCUT2D eigenvalue weighted by molar-refractivity contribution is 0.149. The van der Waals surface area contributed by atoms with Crippen molar-refractivity contribution in [3.8, 4) is 0 Å². The number of anilines is 1. The van der Waals surface area contributed by atoms with Gasteiger partial charge in [-0.05, 0) is 37.8 Å². The fraction of sp³-hybridized carbons (Fsp3) is 0.667. The normalized spacial score (nSPS) is 17.9. The molecule has 114 valence electrons. The molecule has 0 bridgehead atoms. The molecule has 1 aliphatic rings. The van der Waals surface area contributed by atoms with E-state index in [1.54, 1.807) is 10.9 Å². The summed E-state index contributed by atoms with van der Waals surface area (Å²) in [6.45, 7) is 7.65. The highest BCUT2D eigenvalue weighted by molar-refractivity contribution is 5.84. The van der Waals surface area contributed by atoms with Gasteiger partial charge in [0.25, 0.3) is 0 Å². The molecule has 2 N–H and O–H groups in total. The molecule has 3 rings (SSSR count). The van der Waals surface area contributed by atoms with Crippen LogP contribution in [0.4, 0.5) is 5.82 Å². The number of hydrogen-bond acceptors (Lipinski definition) is 5. The molecule has 3 heterocycles. The smallest absolute Gasteiger partial charge is 0.163 e. The highest BCUT2D eigenvalue weighted by Crippen LogP contribution is 2.25. The van der Waals surface area contributed by atoms with Gasteiger partial charge in [0.15, 0.2) is 5.65 Å². The number of fused-ring (bicyclic) bond motifs is 1. The first kappa shape index (κ1) is 14.3. The Hall–Kier alpha value is -1.69. The lowest BCUT2D eigenvalue weighted by Gasteiger charge is -2.33. The number of nitrogen functional groups attached to an aromatic ring is 1. The summed E-state index contributed by atoms with van der Waals surface area (Å²) in [5.41, 5.74) is 6.83. The van der Waals surface area contributed by atoms with Crippen molar-refractivity contribution in [3.63, 3.8) is 0 Å². The average Bonchev–Trinajstić information content (AvgIpc) is 2.82. The number of piperidine rings is 1. The van der Waals surface area contributed by atoms with Crippen LogP contribution >= 0.6 is 0 Å². The Balaban J connectivity index is 1.72. The van der Waals surface area contributed by atoms with Gasteiger partial charge in [-0.15, -0.1) is 0 Å². The molecule has 6 heteroatoms. The van der Waals surface area contributed by atoms with Crippen molar-refractivity contribution in [1.82, 2.24) is 24.6 Å². The summed E-state index contributed by atoms with van der Waals surface area (Å²) in [6.07, 6.45) is 4.25. The second kappa shape index (κ2) is 5.60. The molecule has 2 aromatic heterocycles. The largest absolute Gasteiger partial charge is 0.383 e. The number of likely N-dealkylation sites (tertiary alicyclic amines) is 1. The monoisotopic (exact) mass is 288 g/mol. The average molecular weight is 288 g/mol. The molecular weight excluding hydrogens is 264 g/mol. The van der Waals surface area contributed by atoms with Gasteiger partial charge >= 0.3 is 0 Å². The van der Waals surface area contributed by atoms with Crippen molar-refractivity contribution < 1.29 is 0 Å². The maximum Gasteiger partial charge on any atom is 0.163 e. The zero-order valence-electron chi connectivity index (χ0n) is 13.1. The van der Waals surface area contributed by atoms with E-state index in [0.717, 1.165) is 48.3 Å². The van der Waals surface area contributed by atoms with Crippen molar-refractivity contribution >= 4 is 16.9 Å². The zero-order chi connectivity index (χ0) is 15.0. The highest BCUT2D eigenvalue weighted by atomic mass is 15.3. The molecule has 0 aliphatic carbocycles. The standard InChI is InChI=1S/C15H24N6/c1-10(2)11-4-6-21(7-5-11)9-13-18-14(16)12-8-17-20(3)15(12)19-13/h8,10-11H,4-7,9H2,1-3H3,(H2,16,18,19). The molecule has 0 aromatic carbocycles. The van der Waals surface area contributed by atoms with Crippen LogP contribution in [0.3, 0.4) is 0 Å². The van der Waals surface area contributed by atoms with E-state index in [2.05, 4.69) is 33.8 Å². The molecule has 0 atom stereocenters. The second-order valence-corrected chi connectivity index (χ2v) is 6.39. The van der Waals surface area contributed by atoms with E-state index in [-0.39, 0.29) is 0 Å². The van der Waals surface area contributed by atoms with Crippen LogP contribution in [0.15, 0.2) is 6.20 Å². The molecule has 1 fully saturated rings. The van der Waals surface area contributed by atoms with Gasteiger partial charge in [0.2, 0.25) is 0 Å². The Morgan fingerprint density at radius 2 is 2.00 bits per heavy atom. The number of aromatic nitrogens is 4. The third-order valence-corrected chi connectivity index (χ3v) is 4.61. The topological polar surface area (TPSA) is 72.9 Å². The molecule has 0 amide bonds. The van der Waals surface area contributed by atoms with Gasteiger partial charge in [-0.25, -0.2) is 9.97 Å². The summed E-state index contributed by atoms with van der Waals surface area (Å²) < 4.78 is 1.75. The lowest BCUT2D eigenvalue weighted by Crippen LogP contribution is -2.35. The fourth-order valence-electron chi connectivity index (χ4n) is 3.14. The van der Waals surface area contributed by atoms with Crippen LogP contribution in [0.25, 0.3) is 11.0 Å². The molecule has 0 saturated carbocycles. The first-order chi connectivity index (χ1) is 10.0. The third kappa shape index (κ3) is 2.85. The Labute approximate surface area is 125 Å². The number of nitrogens with two attached hydrogens (primary N) is 1. The first-order valence-corrected chi connectivity index (χ1v) is 7.71. The van der Waals surface area contributed by atoms with Gasteiger partial charge in [-0.1, -0.05) is 13.8 Å². The van der Waals surface area contributed by atoms with Crippen LogP contribution in [0.1, 0.15) is 32.5 Å². The Kier molecular flexibility index (Phi) is 3.80. The van der Waals surface area contributed by atoms with Crippen molar-refractivity contribution in [2.45, 2.75) is 33.2 Å². The van der Waals surface area contributed by atoms with E-state index in [0.29, 0.717) is 5.82 Å². The number of rotatable bonds is 3. The molecule has 0 unspecified atom stereocenters. The number of aryl methyl sites for hydroxylation is 1. The minimum absolute atomic E-state index is 0.528. The molecule has 21 heavy (non-hydrogen) atoms. The van der Waals surface area contributed by atoms with Crippen LogP contribution in [-0.4, -0.2) is 37.7 Å². The Bertz CT molecular complexity index is 624. The number of hydrogen-bond donors (Lipinski definition) is 1. The lowest BCUT2D eigenvalue weighted by atomic mass is 9.87.